The average Bonchev–Trinajstić information content (AvgIpc) is 3.05. The van der Waals surface area contributed by atoms with Crippen LogP contribution in [0.3, 0.4) is 0 Å². The van der Waals surface area contributed by atoms with Crippen LogP contribution >= 0.6 is 11.3 Å². The first-order valence-corrected chi connectivity index (χ1v) is 12.2. The van der Waals surface area contributed by atoms with Crippen LogP contribution in [-0.4, -0.2) is 38.0 Å². The minimum atomic E-state index is -3.71. The van der Waals surface area contributed by atoms with Crippen LogP contribution in [0.25, 0.3) is 16.9 Å². The van der Waals surface area contributed by atoms with Crippen molar-refractivity contribution in [2.24, 2.45) is 0 Å². The van der Waals surface area contributed by atoms with E-state index in [4.69, 9.17) is 0 Å². The summed E-state index contributed by atoms with van der Waals surface area (Å²) in [5, 5.41) is 0.936. The molecule has 5 rings (SSSR count). The summed E-state index contributed by atoms with van der Waals surface area (Å²) in [6.07, 6.45) is 4.66. The number of aromatic nitrogens is 5. The molecule has 3 aromatic heterocycles. The summed E-state index contributed by atoms with van der Waals surface area (Å²) < 4.78 is 31.7. The molecule has 0 bridgehead atoms. The Bertz CT molecular complexity index is 1460. The van der Waals surface area contributed by atoms with Crippen LogP contribution in [0.2, 0.25) is 0 Å². The molecule has 1 aromatic carbocycles. The Hall–Kier alpha value is -2.76. The van der Waals surface area contributed by atoms with Gasteiger partial charge in [-0.25, -0.2) is 32.5 Å². The van der Waals surface area contributed by atoms with E-state index in [1.165, 1.54) is 17.1 Å². The Morgan fingerprint density at radius 2 is 2.03 bits per heavy atom. The summed E-state index contributed by atoms with van der Waals surface area (Å²) in [5.41, 5.74) is 1.36. The molecular weight excluding hydrogens is 436 g/mol. The van der Waals surface area contributed by atoms with Gasteiger partial charge < -0.3 is 4.98 Å². The largest absolute Gasteiger partial charge is 0.335 e. The van der Waals surface area contributed by atoms with E-state index in [0.717, 1.165) is 28.4 Å². The standard InChI is InChI=1S/C20H22N6O3S2/c1-12-17(30-13(2)23-12)10-25-15-5-4-14(31(28,29)24-20(3)6-7-20)8-16(15)26(19(25)27)18-9-21-11-22-18/h4-5,8-9,11,24H,6-7,10H2,1-3H3,(H,21,22). The molecule has 1 aliphatic carbocycles. The first kappa shape index (κ1) is 20.2. The second-order valence-corrected chi connectivity index (χ2v) is 11.2. The number of benzene rings is 1. The summed E-state index contributed by atoms with van der Waals surface area (Å²) in [4.78, 5) is 25.9. The summed E-state index contributed by atoms with van der Waals surface area (Å²) in [7, 11) is -3.71. The molecule has 9 nitrogen and oxygen atoms in total. The molecule has 4 aromatic rings. The smallest absolute Gasteiger partial charge is 0.331 e. The number of sulfonamides is 1. The lowest BCUT2D eigenvalue weighted by atomic mass is 10.3. The second-order valence-electron chi connectivity index (χ2n) is 8.20. The van der Waals surface area contributed by atoms with Gasteiger partial charge in [-0.3, -0.25) is 4.57 Å². The molecule has 1 fully saturated rings. The molecular formula is C20H22N6O3S2. The maximum atomic E-state index is 13.4. The third-order valence-electron chi connectivity index (χ3n) is 5.62. The van der Waals surface area contributed by atoms with E-state index in [9.17, 15) is 13.2 Å². The molecule has 3 heterocycles. The van der Waals surface area contributed by atoms with Gasteiger partial charge in [0.15, 0.2) is 0 Å². The van der Waals surface area contributed by atoms with Gasteiger partial charge in [-0.05, 0) is 51.8 Å². The third-order valence-corrected chi connectivity index (χ3v) is 8.31. The van der Waals surface area contributed by atoms with Gasteiger partial charge >= 0.3 is 5.69 Å². The minimum absolute atomic E-state index is 0.128. The van der Waals surface area contributed by atoms with Crippen LogP contribution in [0.5, 0.6) is 0 Å². The number of aromatic amines is 1. The van der Waals surface area contributed by atoms with E-state index < -0.39 is 10.0 Å². The highest BCUT2D eigenvalue weighted by molar-refractivity contribution is 7.89. The number of thiazole rings is 1. The second kappa shape index (κ2) is 6.87. The van der Waals surface area contributed by atoms with E-state index in [1.54, 1.807) is 34.1 Å². The van der Waals surface area contributed by atoms with Gasteiger partial charge in [-0.2, -0.15) is 0 Å². The molecule has 2 N–H and O–H groups in total. The summed E-state index contributed by atoms with van der Waals surface area (Å²) in [6, 6.07) is 4.79. The van der Waals surface area contributed by atoms with Gasteiger partial charge in [0.25, 0.3) is 0 Å². The Morgan fingerprint density at radius 3 is 2.65 bits per heavy atom. The van der Waals surface area contributed by atoms with Crippen LogP contribution in [-0.2, 0) is 16.6 Å². The molecule has 1 aliphatic rings. The van der Waals surface area contributed by atoms with E-state index in [2.05, 4.69) is 19.7 Å². The maximum absolute atomic E-state index is 13.4. The molecule has 0 aliphatic heterocycles. The highest BCUT2D eigenvalue weighted by Crippen LogP contribution is 2.36. The van der Waals surface area contributed by atoms with Gasteiger partial charge in [0.1, 0.15) is 5.82 Å². The number of imidazole rings is 2. The fraction of sp³-hybridized carbons (Fsp3) is 0.350. The molecule has 0 spiro atoms. The van der Waals surface area contributed by atoms with Crippen molar-refractivity contribution >= 4 is 32.4 Å². The highest BCUT2D eigenvalue weighted by Gasteiger charge is 2.41. The zero-order valence-corrected chi connectivity index (χ0v) is 19.0. The van der Waals surface area contributed by atoms with Crippen molar-refractivity contribution in [1.29, 1.82) is 0 Å². The molecule has 162 valence electrons. The van der Waals surface area contributed by atoms with E-state index in [0.29, 0.717) is 23.4 Å². The molecule has 0 saturated heterocycles. The van der Waals surface area contributed by atoms with Crippen LogP contribution in [0.4, 0.5) is 0 Å². The van der Waals surface area contributed by atoms with Gasteiger partial charge in [-0.15, -0.1) is 11.3 Å². The monoisotopic (exact) mass is 458 g/mol. The lowest BCUT2D eigenvalue weighted by Crippen LogP contribution is -2.34. The van der Waals surface area contributed by atoms with Crippen molar-refractivity contribution in [2.75, 3.05) is 0 Å². The van der Waals surface area contributed by atoms with Gasteiger partial charge in [0.05, 0.1) is 45.7 Å². The molecule has 0 radical (unpaired) electrons. The average molecular weight is 459 g/mol. The predicted molar refractivity (Wildman–Crippen MR) is 118 cm³/mol. The Balaban J connectivity index is 1.69. The zero-order valence-electron chi connectivity index (χ0n) is 17.3. The van der Waals surface area contributed by atoms with E-state index in [1.807, 2.05) is 20.8 Å². The third kappa shape index (κ3) is 3.52. The summed E-state index contributed by atoms with van der Waals surface area (Å²) in [5.74, 6) is 0.475. The fourth-order valence-corrected chi connectivity index (χ4v) is 6.11. The number of nitrogens with one attached hydrogen (secondary N) is 2. The van der Waals surface area contributed by atoms with Crippen molar-refractivity contribution in [1.82, 2.24) is 28.8 Å². The topological polar surface area (TPSA) is 115 Å². The predicted octanol–water partition coefficient (Wildman–Crippen LogP) is 2.47. The first-order chi connectivity index (χ1) is 14.7. The number of H-pyrrole nitrogens is 1. The summed E-state index contributed by atoms with van der Waals surface area (Å²) >= 11 is 1.55. The Morgan fingerprint density at radius 1 is 1.26 bits per heavy atom. The van der Waals surface area contributed by atoms with Crippen molar-refractivity contribution < 1.29 is 8.42 Å². The summed E-state index contributed by atoms with van der Waals surface area (Å²) in [6.45, 7) is 6.10. The van der Waals surface area contributed by atoms with Crippen molar-refractivity contribution in [3.8, 4) is 5.82 Å². The number of hydrogen-bond donors (Lipinski definition) is 2. The highest BCUT2D eigenvalue weighted by atomic mass is 32.2. The quantitative estimate of drug-likeness (QED) is 0.461. The normalized spacial score (nSPS) is 15.6. The Kier molecular flexibility index (Phi) is 4.47. The SMILES string of the molecule is Cc1nc(C)c(Cn2c(=O)n(-c3cnc[nH]3)c3cc(S(=O)(=O)NC4(C)CC4)ccc32)s1. The van der Waals surface area contributed by atoms with Gasteiger partial charge in [-0.1, -0.05) is 0 Å². The molecule has 31 heavy (non-hydrogen) atoms. The van der Waals surface area contributed by atoms with Gasteiger partial charge in [0, 0.05) is 10.4 Å². The van der Waals surface area contributed by atoms with Crippen molar-refractivity contribution in [3.63, 3.8) is 0 Å². The first-order valence-electron chi connectivity index (χ1n) is 9.88. The zero-order chi connectivity index (χ0) is 22.0. The van der Waals surface area contributed by atoms with Crippen LogP contribution in [0.1, 0.15) is 35.3 Å². The van der Waals surface area contributed by atoms with Crippen LogP contribution in [0.15, 0.2) is 40.4 Å². The van der Waals surface area contributed by atoms with E-state index in [-0.39, 0.29) is 16.1 Å². The van der Waals surface area contributed by atoms with E-state index >= 15 is 0 Å². The Labute approximate surface area is 182 Å². The van der Waals surface area contributed by atoms with Crippen molar-refractivity contribution in [3.05, 3.63) is 56.8 Å². The fourth-order valence-electron chi connectivity index (χ4n) is 3.70. The lowest BCUT2D eigenvalue weighted by molar-refractivity contribution is 0.558. The molecule has 0 amide bonds. The lowest BCUT2D eigenvalue weighted by Gasteiger charge is -2.12. The van der Waals surface area contributed by atoms with Crippen LogP contribution in [0, 0.1) is 13.8 Å². The number of rotatable bonds is 6. The van der Waals surface area contributed by atoms with Crippen molar-refractivity contribution in [2.45, 2.75) is 50.6 Å². The molecule has 0 atom stereocenters. The number of aryl methyl sites for hydroxylation is 2. The molecule has 11 heteroatoms. The molecule has 0 unspecified atom stereocenters. The molecule has 1 saturated carbocycles. The van der Waals surface area contributed by atoms with Crippen LogP contribution < -0.4 is 10.4 Å². The maximum Gasteiger partial charge on any atom is 0.335 e. The minimum Gasteiger partial charge on any atom is -0.331 e. The number of nitrogens with zero attached hydrogens (tertiary/aromatic N) is 4. The van der Waals surface area contributed by atoms with Gasteiger partial charge in [0.2, 0.25) is 10.0 Å². The number of fused-ring (bicyclic) bond motifs is 1. The number of hydrogen-bond acceptors (Lipinski definition) is 6.